The molecule has 1 aromatic heterocycles. The monoisotopic (exact) mass is 279 g/mol. The number of ether oxygens (including phenoxy) is 1. The first-order valence-corrected chi connectivity index (χ1v) is 5.43. The van der Waals surface area contributed by atoms with Crippen LogP contribution in [0, 0.1) is 22.9 Å². The number of nitro groups is 1. The molecule has 1 aromatic carbocycles. The van der Waals surface area contributed by atoms with Crippen molar-refractivity contribution in [3.8, 4) is 11.6 Å². The molecular formula is C11H10FN5O3. The number of aromatic nitrogens is 2. The van der Waals surface area contributed by atoms with E-state index >= 15 is 0 Å². The van der Waals surface area contributed by atoms with Gasteiger partial charge in [0.2, 0.25) is 11.6 Å². The largest absolute Gasteiger partial charge is 0.432 e. The van der Waals surface area contributed by atoms with E-state index in [1.54, 1.807) is 6.92 Å². The number of halogens is 1. The van der Waals surface area contributed by atoms with Crippen molar-refractivity contribution in [2.75, 3.05) is 5.43 Å². The van der Waals surface area contributed by atoms with E-state index < -0.39 is 16.4 Å². The van der Waals surface area contributed by atoms with Gasteiger partial charge in [0.15, 0.2) is 0 Å². The lowest BCUT2D eigenvalue weighted by Crippen LogP contribution is -2.10. The number of aryl methyl sites for hydroxylation is 1. The number of hydrogen-bond acceptors (Lipinski definition) is 7. The third kappa shape index (κ3) is 2.95. The van der Waals surface area contributed by atoms with E-state index in [1.165, 1.54) is 6.07 Å². The molecule has 0 aliphatic heterocycles. The van der Waals surface area contributed by atoms with Crippen LogP contribution in [0.25, 0.3) is 0 Å². The molecule has 8 nitrogen and oxygen atoms in total. The minimum absolute atomic E-state index is 0.0557. The maximum atomic E-state index is 13.0. The van der Waals surface area contributed by atoms with Gasteiger partial charge < -0.3 is 10.2 Å². The SMILES string of the molecule is Cc1nc(NN)cc(Oc2ccc(F)cc2[N+](=O)[O-])n1. The maximum absolute atomic E-state index is 13.0. The van der Waals surface area contributed by atoms with Gasteiger partial charge in [-0.05, 0) is 19.1 Å². The molecule has 3 N–H and O–H groups in total. The van der Waals surface area contributed by atoms with Crippen molar-refractivity contribution >= 4 is 11.5 Å². The molecule has 0 amide bonds. The minimum atomic E-state index is -0.742. The van der Waals surface area contributed by atoms with E-state index in [9.17, 15) is 14.5 Å². The highest BCUT2D eigenvalue weighted by Gasteiger charge is 2.18. The smallest absolute Gasteiger partial charge is 0.314 e. The van der Waals surface area contributed by atoms with Gasteiger partial charge >= 0.3 is 5.69 Å². The molecule has 0 atom stereocenters. The zero-order valence-corrected chi connectivity index (χ0v) is 10.3. The number of benzene rings is 1. The Morgan fingerprint density at radius 1 is 1.40 bits per heavy atom. The Labute approximate surface area is 112 Å². The van der Waals surface area contributed by atoms with Crippen molar-refractivity contribution < 1.29 is 14.1 Å². The van der Waals surface area contributed by atoms with Crippen LogP contribution in [-0.4, -0.2) is 14.9 Å². The van der Waals surface area contributed by atoms with E-state index in [4.69, 9.17) is 10.6 Å². The van der Waals surface area contributed by atoms with E-state index in [0.717, 1.165) is 18.2 Å². The van der Waals surface area contributed by atoms with Crippen molar-refractivity contribution in [1.29, 1.82) is 0 Å². The van der Waals surface area contributed by atoms with Crippen molar-refractivity contribution in [3.63, 3.8) is 0 Å². The Morgan fingerprint density at radius 3 is 2.80 bits per heavy atom. The molecule has 0 bridgehead atoms. The highest BCUT2D eigenvalue weighted by molar-refractivity contribution is 5.48. The van der Waals surface area contributed by atoms with Gasteiger partial charge in [-0.2, -0.15) is 4.98 Å². The van der Waals surface area contributed by atoms with E-state index in [1.807, 2.05) is 0 Å². The van der Waals surface area contributed by atoms with E-state index in [2.05, 4.69) is 15.4 Å². The molecule has 2 rings (SSSR count). The van der Waals surface area contributed by atoms with Crippen LogP contribution in [0.5, 0.6) is 11.6 Å². The van der Waals surface area contributed by atoms with Crippen LogP contribution in [-0.2, 0) is 0 Å². The fourth-order valence-corrected chi connectivity index (χ4v) is 1.50. The van der Waals surface area contributed by atoms with Crippen LogP contribution in [0.4, 0.5) is 15.9 Å². The first-order valence-electron chi connectivity index (χ1n) is 5.43. The van der Waals surface area contributed by atoms with Gasteiger partial charge in [-0.15, -0.1) is 0 Å². The Hall–Kier alpha value is -2.81. The second-order valence-corrected chi connectivity index (χ2v) is 3.75. The maximum Gasteiger partial charge on any atom is 0.314 e. The lowest BCUT2D eigenvalue weighted by atomic mass is 10.3. The number of rotatable bonds is 4. The average Bonchev–Trinajstić information content (AvgIpc) is 2.40. The summed E-state index contributed by atoms with van der Waals surface area (Å²) in [6, 6.07) is 4.34. The number of anilines is 1. The summed E-state index contributed by atoms with van der Waals surface area (Å²) < 4.78 is 18.3. The molecule has 2 aromatic rings. The number of nitrogens with zero attached hydrogens (tertiary/aromatic N) is 3. The van der Waals surface area contributed by atoms with Crippen molar-refractivity contribution in [2.24, 2.45) is 5.84 Å². The second kappa shape index (κ2) is 5.45. The molecule has 104 valence electrons. The third-order valence-corrected chi connectivity index (χ3v) is 2.29. The number of hydrogen-bond donors (Lipinski definition) is 2. The summed E-state index contributed by atoms with van der Waals surface area (Å²) in [4.78, 5) is 18.0. The van der Waals surface area contributed by atoms with Gasteiger partial charge in [0.05, 0.1) is 11.0 Å². The molecule has 20 heavy (non-hydrogen) atoms. The third-order valence-electron chi connectivity index (χ3n) is 2.29. The molecule has 0 spiro atoms. The minimum Gasteiger partial charge on any atom is -0.432 e. The summed E-state index contributed by atoms with van der Waals surface area (Å²) in [7, 11) is 0. The topological polar surface area (TPSA) is 116 Å². The number of nitrogens with one attached hydrogen (secondary N) is 1. The van der Waals surface area contributed by atoms with Crippen LogP contribution in [0.2, 0.25) is 0 Å². The zero-order chi connectivity index (χ0) is 14.7. The number of nitrogens with two attached hydrogens (primary N) is 1. The predicted molar refractivity (Wildman–Crippen MR) is 67.7 cm³/mol. The fraction of sp³-hybridized carbons (Fsp3) is 0.0909. The van der Waals surface area contributed by atoms with Crippen molar-refractivity contribution in [2.45, 2.75) is 6.92 Å². The van der Waals surface area contributed by atoms with E-state index in [-0.39, 0.29) is 17.4 Å². The second-order valence-electron chi connectivity index (χ2n) is 3.75. The summed E-state index contributed by atoms with van der Waals surface area (Å²) in [5, 5.41) is 10.8. The predicted octanol–water partition coefficient (Wildman–Crippen LogP) is 1.91. The van der Waals surface area contributed by atoms with Crippen molar-refractivity contribution in [3.05, 3.63) is 46.0 Å². The highest BCUT2D eigenvalue weighted by atomic mass is 19.1. The molecule has 0 fully saturated rings. The zero-order valence-electron chi connectivity index (χ0n) is 10.3. The summed E-state index contributed by atoms with van der Waals surface area (Å²) in [6.07, 6.45) is 0. The Morgan fingerprint density at radius 2 is 2.15 bits per heavy atom. The Balaban J connectivity index is 2.39. The Bertz CT molecular complexity index is 665. The van der Waals surface area contributed by atoms with Gasteiger partial charge in [0.1, 0.15) is 17.5 Å². The van der Waals surface area contributed by atoms with Crippen LogP contribution in [0.1, 0.15) is 5.82 Å². The average molecular weight is 279 g/mol. The number of hydrazine groups is 1. The molecule has 0 radical (unpaired) electrons. The van der Waals surface area contributed by atoms with Gasteiger partial charge in [0.25, 0.3) is 0 Å². The van der Waals surface area contributed by atoms with Gasteiger partial charge in [-0.1, -0.05) is 0 Å². The molecule has 9 heteroatoms. The summed E-state index contributed by atoms with van der Waals surface area (Å²) >= 11 is 0. The standard InChI is InChI=1S/C11H10FN5O3/c1-6-14-10(16-13)5-11(15-6)20-9-3-2-7(12)4-8(9)17(18)19/h2-5H,13H2,1H3,(H,14,15,16). The molecule has 1 heterocycles. The molecule has 0 aliphatic carbocycles. The lowest BCUT2D eigenvalue weighted by Gasteiger charge is -2.07. The highest BCUT2D eigenvalue weighted by Crippen LogP contribution is 2.31. The summed E-state index contributed by atoms with van der Waals surface area (Å²) in [5.74, 6) is 5.07. The quantitative estimate of drug-likeness (QED) is 0.498. The lowest BCUT2D eigenvalue weighted by molar-refractivity contribution is -0.385. The Kier molecular flexibility index (Phi) is 3.71. The molecule has 0 saturated carbocycles. The van der Waals surface area contributed by atoms with Gasteiger partial charge in [0, 0.05) is 6.07 Å². The molecule has 0 aliphatic rings. The van der Waals surface area contributed by atoms with Gasteiger partial charge in [-0.25, -0.2) is 15.2 Å². The van der Waals surface area contributed by atoms with Crippen LogP contribution in [0.3, 0.4) is 0 Å². The van der Waals surface area contributed by atoms with Gasteiger partial charge in [-0.3, -0.25) is 10.1 Å². The summed E-state index contributed by atoms with van der Waals surface area (Å²) in [6.45, 7) is 1.60. The molecule has 0 unspecified atom stereocenters. The van der Waals surface area contributed by atoms with E-state index in [0.29, 0.717) is 5.82 Å². The number of nitrogen functional groups attached to an aromatic ring is 1. The first-order chi connectivity index (χ1) is 9.49. The normalized spacial score (nSPS) is 10.2. The van der Waals surface area contributed by atoms with Crippen LogP contribution >= 0.6 is 0 Å². The van der Waals surface area contributed by atoms with Crippen LogP contribution < -0.4 is 16.0 Å². The van der Waals surface area contributed by atoms with Crippen molar-refractivity contribution in [1.82, 2.24) is 9.97 Å². The molecule has 0 saturated heterocycles. The van der Waals surface area contributed by atoms with Crippen LogP contribution in [0.15, 0.2) is 24.3 Å². The summed E-state index contributed by atoms with van der Waals surface area (Å²) in [5.41, 5.74) is 1.82. The molecular weight excluding hydrogens is 269 g/mol. The fourth-order valence-electron chi connectivity index (χ4n) is 1.50. The number of nitro benzene ring substituents is 1. The first kappa shape index (κ1) is 13.6.